The molecule has 64 valence electrons. The zero-order valence-corrected chi connectivity index (χ0v) is 7.20. The van der Waals surface area contributed by atoms with Crippen molar-refractivity contribution in [3.05, 3.63) is 29.3 Å². The Kier molecular flexibility index (Phi) is 2.82. The third-order valence-electron chi connectivity index (χ3n) is 1.76. The van der Waals surface area contributed by atoms with Crippen LogP contribution in [0.25, 0.3) is 0 Å². The SMILES string of the molecule is Cc1ccc(N=CNO)cc1C. The first kappa shape index (κ1) is 8.74. The van der Waals surface area contributed by atoms with Crippen LogP contribution in [-0.2, 0) is 0 Å². The summed E-state index contributed by atoms with van der Waals surface area (Å²) in [5.74, 6) is 0. The molecular weight excluding hydrogens is 152 g/mol. The maximum absolute atomic E-state index is 8.25. The fourth-order valence-corrected chi connectivity index (χ4v) is 0.909. The van der Waals surface area contributed by atoms with Crippen molar-refractivity contribution >= 4 is 12.0 Å². The van der Waals surface area contributed by atoms with E-state index in [-0.39, 0.29) is 0 Å². The lowest BCUT2D eigenvalue weighted by Crippen LogP contribution is -2.00. The van der Waals surface area contributed by atoms with Gasteiger partial charge in [-0.25, -0.2) is 4.99 Å². The van der Waals surface area contributed by atoms with Gasteiger partial charge in [0.25, 0.3) is 0 Å². The predicted molar refractivity (Wildman–Crippen MR) is 49.0 cm³/mol. The molecule has 0 aliphatic heterocycles. The van der Waals surface area contributed by atoms with E-state index in [4.69, 9.17) is 5.21 Å². The molecule has 3 nitrogen and oxygen atoms in total. The molecule has 0 radical (unpaired) electrons. The molecule has 1 rings (SSSR count). The summed E-state index contributed by atoms with van der Waals surface area (Å²) in [6.07, 6.45) is 1.24. The van der Waals surface area contributed by atoms with Gasteiger partial charge in [0.15, 0.2) is 0 Å². The summed E-state index contributed by atoms with van der Waals surface area (Å²) in [5, 5.41) is 8.25. The standard InChI is InChI=1S/C9H12N2O/c1-7-3-4-9(5-8(7)2)10-6-11-12/h3-6,12H,1-2H3,(H,10,11). The van der Waals surface area contributed by atoms with Crippen molar-refractivity contribution in [2.24, 2.45) is 4.99 Å². The average molecular weight is 164 g/mol. The number of nitrogens with zero attached hydrogens (tertiary/aromatic N) is 1. The monoisotopic (exact) mass is 164 g/mol. The van der Waals surface area contributed by atoms with Gasteiger partial charge in [0.1, 0.15) is 6.34 Å². The number of rotatable bonds is 2. The highest BCUT2D eigenvalue weighted by Crippen LogP contribution is 2.15. The fraction of sp³-hybridized carbons (Fsp3) is 0.222. The minimum absolute atomic E-state index is 0.833. The van der Waals surface area contributed by atoms with Crippen molar-refractivity contribution in [1.82, 2.24) is 5.48 Å². The lowest BCUT2D eigenvalue weighted by molar-refractivity contribution is 0.240. The summed E-state index contributed by atoms with van der Waals surface area (Å²) in [6, 6.07) is 5.86. The van der Waals surface area contributed by atoms with Crippen LogP contribution in [0.15, 0.2) is 23.2 Å². The lowest BCUT2D eigenvalue weighted by Gasteiger charge is -1.99. The van der Waals surface area contributed by atoms with E-state index >= 15 is 0 Å². The van der Waals surface area contributed by atoms with Crippen LogP contribution < -0.4 is 5.48 Å². The Bertz CT molecular complexity index is 295. The molecule has 0 aromatic heterocycles. The molecule has 0 aliphatic rings. The van der Waals surface area contributed by atoms with Crippen molar-refractivity contribution in [2.45, 2.75) is 13.8 Å². The van der Waals surface area contributed by atoms with E-state index in [0.717, 1.165) is 5.69 Å². The van der Waals surface area contributed by atoms with Crippen LogP contribution in [0, 0.1) is 13.8 Å². The number of benzene rings is 1. The fourth-order valence-electron chi connectivity index (χ4n) is 0.909. The number of aryl methyl sites for hydroxylation is 2. The molecule has 0 saturated heterocycles. The first-order chi connectivity index (χ1) is 5.74. The van der Waals surface area contributed by atoms with Crippen LogP contribution in [-0.4, -0.2) is 11.5 Å². The normalized spacial score (nSPS) is 10.6. The molecule has 2 N–H and O–H groups in total. The van der Waals surface area contributed by atoms with Crippen molar-refractivity contribution < 1.29 is 5.21 Å². The maximum atomic E-state index is 8.25. The summed E-state index contributed by atoms with van der Waals surface area (Å²) in [6.45, 7) is 4.08. The molecule has 0 spiro atoms. The van der Waals surface area contributed by atoms with Gasteiger partial charge in [-0.05, 0) is 37.1 Å². The Hall–Kier alpha value is -1.35. The molecule has 0 unspecified atom stereocenters. The minimum atomic E-state index is 0.833. The predicted octanol–water partition coefficient (Wildman–Crippen LogP) is 1.94. The Balaban J connectivity index is 2.89. The number of hydroxylamine groups is 1. The summed E-state index contributed by atoms with van der Waals surface area (Å²) >= 11 is 0. The van der Waals surface area contributed by atoms with Gasteiger partial charge in [0.05, 0.1) is 5.69 Å². The van der Waals surface area contributed by atoms with Crippen LogP contribution in [0.3, 0.4) is 0 Å². The van der Waals surface area contributed by atoms with Gasteiger partial charge in [-0.3, -0.25) is 10.7 Å². The Morgan fingerprint density at radius 3 is 2.67 bits per heavy atom. The Labute approximate surface area is 71.7 Å². The second kappa shape index (κ2) is 3.88. The van der Waals surface area contributed by atoms with Gasteiger partial charge >= 0.3 is 0 Å². The van der Waals surface area contributed by atoms with E-state index in [0.29, 0.717) is 0 Å². The van der Waals surface area contributed by atoms with Gasteiger partial charge in [0, 0.05) is 0 Å². The molecule has 1 aromatic carbocycles. The molecule has 12 heavy (non-hydrogen) atoms. The third-order valence-corrected chi connectivity index (χ3v) is 1.76. The molecule has 0 atom stereocenters. The molecule has 0 aliphatic carbocycles. The summed E-state index contributed by atoms with van der Waals surface area (Å²) < 4.78 is 0. The van der Waals surface area contributed by atoms with Crippen LogP contribution >= 0.6 is 0 Å². The van der Waals surface area contributed by atoms with Gasteiger partial charge < -0.3 is 0 Å². The van der Waals surface area contributed by atoms with Gasteiger partial charge in [0.2, 0.25) is 0 Å². The molecule has 0 fully saturated rings. The number of hydrogen-bond acceptors (Lipinski definition) is 2. The summed E-state index contributed by atoms with van der Waals surface area (Å²) in [5.41, 5.74) is 5.13. The van der Waals surface area contributed by atoms with Crippen LogP contribution in [0.1, 0.15) is 11.1 Å². The largest absolute Gasteiger partial charge is 0.290 e. The Morgan fingerprint density at radius 2 is 2.08 bits per heavy atom. The minimum Gasteiger partial charge on any atom is -0.290 e. The highest BCUT2D eigenvalue weighted by atomic mass is 16.5. The maximum Gasteiger partial charge on any atom is 0.113 e. The Morgan fingerprint density at radius 1 is 1.33 bits per heavy atom. The molecule has 3 heteroatoms. The van der Waals surface area contributed by atoms with E-state index < -0.39 is 0 Å². The van der Waals surface area contributed by atoms with Gasteiger partial charge in [-0.1, -0.05) is 6.07 Å². The van der Waals surface area contributed by atoms with Crippen LogP contribution in [0.4, 0.5) is 5.69 Å². The summed E-state index contributed by atoms with van der Waals surface area (Å²) in [4.78, 5) is 3.94. The summed E-state index contributed by atoms with van der Waals surface area (Å²) in [7, 11) is 0. The van der Waals surface area contributed by atoms with Crippen molar-refractivity contribution in [3.8, 4) is 0 Å². The number of aliphatic imine (C=N–C) groups is 1. The molecule has 0 bridgehead atoms. The third kappa shape index (κ3) is 2.07. The molecule has 0 amide bonds. The zero-order valence-electron chi connectivity index (χ0n) is 7.20. The van der Waals surface area contributed by atoms with E-state index in [1.165, 1.54) is 17.5 Å². The number of hydrogen-bond donors (Lipinski definition) is 2. The van der Waals surface area contributed by atoms with Crippen LogP contribution in [0.2, 0.25) is 0 Å². The van der Waals surface area contributed by atoms with Gasteiger partial charge in [-0.2, -0.15) is 0 Å². The molecular formula is C9H12N2O. The lowest BCUT2D eigenvalue weighted by atomic mass is 10.1. The first-order valence-electron chi connectivity index (χ1n) is 3.73. The topological polar surface area (TPSA) is 44.6 Å². The highest BCUT2D eigenvalue weighted by molar-refractivity contribution is 5.60. The van der Waals surface area contributed by atoms with E-state index in [1.54, 1.807) is 0 Å². The quantitative estimate of drug-likeness (QED) is 0.398. The average Bonchev–Trinajstić information content (AvgIpc) is 2.07. The van der Waals surface area contributed by atoms with E-state index in [9.17, 15) is 0 Å². The highest BCUT2D eigenvalue weighted by Gasteiger charge is 1.92. The second-order valence-corrected chi connectivity index (χ2v) is 2.66. The van der Waals surface area contributed by atoms with E-state index in [2.05, 4.69) is 4.99 Å². The van der Waals surface area contributed by atoms with Crippen molar-refractivity contribution in [2.75, 3.05) is 0 Å². The van der Waals surface area contributed by atoms with Crippen molar-refractivity contribution in [1.29, 1.82) is 0 Å². The zero-order chi connectivity index (χ0) is 8.97. The second-order valence-electron chi connectivity index (χ2n) is 2.66. The molecule has 1 aromatic rings. The van der Waals surface area contributed by atoms with Crippen molar-refractivity contribution in [3.63, 3.8) is 0 Å². The first-order valence-corrected chi connectivity index (χ1v) is 3.73. The van der Waals surface area contributed by atoms with Crippen LogP contribution in [0.5, 0.6) is 0 Å². The van der Waals surface area contributed by atoms with Gasteiger partial charge in [-0.15, -0.1) is 0 Å². The molecule has 0 saturated carbocycles. The molecule has 0 heterocycles. The smallest absolute Gasteiger partial charge is 0.113 e. The van der Waals surface area contributed by atoms with E-state index in [1.807, 2.05) is 37.5 Å². The number of nitrogens with one attached hydrogen (secondary N) is 1.